The molecule has 0 aromatic heterocycles. The second kappa shape index (κ2) is 2.99. The fraction of sp³-hybridized carbons (Fsp3) is 0.857. The van der Waals surface area contributed by atoms with Crippen molar-refractivity contribution in [2.45, 2.75) is 6.92 Å². The minimum Gasteiger partial charge on any atom is -0.481 e. The Kier molecular flexibility index (Phi) is 2.40. The van der Waals surface area contributed by atoms with Crippen molar-refractivity contribution < 1.29 is 9.90 Å². The maximum Gasteiger partial charge on any atom is 0.313 e. The summed E-state index contributed by atoms with van der Waals surface area (Å²) < 4.78 is 0. The zero-order valence-electron chi connectivity index (χ0n) is 6.51. The molecule has 1 fully saturated rings. The molecule has 0 aliphatic carbocycles. The largest absolute Gasteiger partial charge is 0.481 e. The minimum absolute atomic E-state index is 0.221. The Hall–Kier alpha value is -0.280. The highest BCUT2D eigenvalue weighted by molar-refractivity contribution is 6.19. The highest BCUT2D eigenvalue weighted by Gasteiger charge is 2.48. The maximum atomic E-state index is 10.7. The fourth-order valence-electron chi connectivity index (χ4n) is 1.31. The van der Waals surface area contributed by atoms with Crippen LogP contribution in [0, 0.1) is 5.41 Å². The molecular weight excluding hydrogens is 166 g/mol. The lowest BCUT2D eigenvalue weighted by Crippen LogP contribution is -2.61. The Labute approximate surface area is 70.9 Å². The van der Waals surface area contributed by atoms with E-state index < -0.39 is 11.4 Å². The third-order valence-electron chi connectivity index (χ3n) is 2.21. The van der Waals surface area contributed by atoms with E-state index in [-0.39, 0.29) is 5.88 Å². The van der Waals surface area contributed by atoms with Crippen molar-refractivity contribution >= 4 is 17.6 Å². The van der Waals surface area contributed by atoms with Crippen LogP contribution in [0.15, 0.2) is 0 Å². The van der Waals surface area contributed by atoms with Crippen molar-refractivity contribution in [3.8, 4) is 0 Å². The number of rotatable bonds is 3. The topological polar surface area (TPSA) is 40.5 Å². The number of hydrogen-bond acceptors (Lipinski definition) is 2. The summed E-state index contributed by atoms with van der Waals surface area (Å²) in [5.41, 5.74) is -0.655. The predicted octanol–water partition coefficient (Wildman–Crippen LogP) is 0.632. The summed E-state index contributed by atoms with van der Waals surface area (Å²) in [5.74, 6) is -0.545. The average Bonchev–Trinajstić information content (AvgIpc) is 1.86. The molecule has 0 radical (unpaired) electrons. The molecule has 0 unspecified atom stereocenters. The van der Waals surface area contributed by atoms with Crippen LogP contribution in [-0.4, -0.2) is 41.5 Å². The molecule has 3 nitrogen and oxygen atoms in total. The Morgan fingerprint density at radius 3 is 2.55 bits per heavy atom. The highest BCUT2D eigenvalue weighted by atomic mass is 35.5. The molecule has 0 bridgehead atoms. The van der Waals surface area contributed by atoms with E-state index in [1.54, 1.807) is 0 Å². The molecule has 1 heterocycles. The SMILES string of the molecule is CCN1CC(CCl)(C(=O)O)C1. The Balaban J connectivity index is 2.50. The maximum absolute atomic E-state index is 10.7. The van der Waals surface area contributed by atoms with Gasteiger partial charge in [0.15, 0.2) is 0 Å². The summed E-state index contributed by atoms with van der Waals surface area (Å²) in [7, 11) is 0. The number of likely N-dealkylation sites (tertiary alicyclic amines) is 1. The summed E-state index contributed by atoms with van der Waals surface area (Å²) in [6.45, 7) is 4.12. The van der Waals surface area contributed by atoms with E-state index in [1.165, 1.54) is 0 Å². The first kappa shape index (κ1) is 8.81. The molecule has 64 valence electrons. The third-order valence-corrected chi connectivity index (χ3v) is 2.72. The molecule has 0 aromatic carbocycles. The van der Waals surface area contributed by atoms with Gasteiger partial charge in [-0.15, -0.1) is 11.6 Å². The molecular formula is C7H12ClNO2. The van der Waals surface area contributed by atoms with Crippen LogP contribution in [0.25, 0.3) is 0 Å². The second-order valence-electron chi connectivity index (χ2n) is 3.02. The van der Waals surface area contributed by atoms with Gasteiger partial charge < -0.3 is 10.0 Å². The molecule has 1 rings (SSSR count). The first-order valence-corrected chi connectivity index (χ1v) is 4.20. The van der Waals surface area contributed by atoms with Gasteiger partial charge in [-0.3, -0.25) is 4.79 Å². The lowest BCUT2D eigenvalue weighted by atomic mass is 9.82. The highest BCUT2D eigenvalue weighted by Crippen LogP contribution is 2.31. The first-order chi connectivity index (χ1) is 5.14. The van der Waals surface area contributed by atoms with Crippen LogP contribution in [-0.2, 0) is 4.79 Å². The molecule has 0 spiro atoms. The van der Waals surface area contributed by atoms with E-state index in [4.69, 9.17) is 16.7 Å². The van der Waals surface area contributed by atoms with Gasteiger partial charge in [-0.25, -0.2) is 0 Å². The number of carboxylic acid groups (broad SMARTS) is 1. The van der Waals surface area contributed by atoms with E-state index in [0.717, 1.165) is 6.54 Å². The number of halogens is 1. The summed E-state index contributed by atoms with van der Waals surface area (Å²) in [6.07, 6.45) is 0. The summed E-state index contributed by atoms with van der Waals surface area (Å²) in [4.78, 5) is 12.8. The molecule has 4 heteroatoms. The number of aliphatic carboxylic acids is 1. The van der Waals surface area contributed by atoms with E-state index >= 15 is 0 Å². The van der Waals surface area contributed by atoms with Gasteiger partial charge in [-0.2, -0.15) is 0 Å². The number of hydrogen-bond donors (Lipinski definition) is 1. The van der Waals surface area contributed by atoms with Crippen molar-refractivity contribution in [1.82, 2.24) is 4.90 Å². The zero-order chi connectivity index (χ0) is 8.48. The number of alkyl halides is 1. The fourth-order valence-corrected chi connectivity index (χ4v) is 1.59. The summed E-state index contributed by atoms with van der Waals surface area (Å²) in [6, 6.07) is 0. The summed E-state index contributed by atoms with van der Waals surface area (Å²) >= 11 is 5.57. The van der Waals surface area contributed by atoms with Crippen LogP contribution >= 0.6 is 11.6 Å². The lowest BCUT2D eigenvalue weighted by Gasteiger charge is -2.45. The smallest absolute Gasteiger partial charge is 0.313 e. The second-order valence-corrected chi connectivity index (χ2v) is 3.29. The van der Waals surface area contributed by atoms with Crippen molar-refractivity contribution in [1.29, 1.82) is 0 Å². The van der Waals surface area contributed by atoms with Crippen LogP contribution in [0.4, 0.5) is 0 Å². The first-order valence-electron chi connectivity index (χ1n) is 3.66. The van der Waals surface area contributed by atoms with Gasteiger partial charge >= 0.3 is 5.97 Å². The predicted molar refractivity (Wildman–Crippen MR) is 42.9 cm³/mol. The molecule has 11 heavy (non-hydrogen) atoms. The molecule has 0 atom stereocenters. The molecule has 1 aliphatic rings. The Morgan fingerprint density at radius 1 is 1.73 bits per heavy atom. The molecule has 0 amide bonds. The van der Waals surface area contributed by atoms with E-state index in [2.05, 4.69) is 4.90 Å². The number of nitrogens with zero attached hydrogens (tertiary/aromatic N) is 1. The van der Waals surface area contributed by atoms with Crippen LogP contribution in [0.5, 0.6) is 0 Å². The number of carbonyl (C=O) groups is 1. The van der Waals surface area contributed by atoms with Gasteiger partial charge in [-0.05, 0) is 6.54 Å². The molecule has 0 aromatic rings. The van der Waals surface area contributed by atoms with Crippen LogP contribution in [0.3, 0.4) is 0 Å². The number of carboxylic acids is 1. The third kappa shape index (κ3) is 1.35. The van der Waals surface area contributed by atoms with E-state index in [9.17, 15) is 4.79 Å². The van der Waals surface area contributed by atoms with Crippen molar-refractivity contribution in [3.05, 3.63) is 0 Å². The molecule has 1 N–H and O–H groups in total. The molecule has 0 saturated carbocycles. The quantitative estimate of drug-likeness (QED) is 0.643. The zero-order valence-corrected chi connectivity index (χ0v) is 7.26. The molecule has 1 saturated heterocycles. The standard InChI is InChI=1S/C7H12ClNO2/c1-2-9-4-7(3-8,5-9)6(10)11/h2-5H2,1H3,(H,10,11). The van der Waals surface area contributed by atoms with Crippen molar-refractivity contribution in [3.63, 3.8) is 0 Å². The average molecular weight is 178 g/mol. The molecule has 1 aliphatic heterocycles. The van der Waals surface area contributed by atoms with Crippen molar-refractivity contribution in [2.24, 2.45) is 5.41 Å². The van der Waals surface area contributed by atoms with Gasteiger partial charge in [0.1, 0.15) is 5.41 Å². The van der Waals surface area contributed by atoms with Gasteiger partial charge in [-0.1, -0.05) is 6.92 Å². The van der Waals surface area contributed by atoms with Gasteiger partial charge in [0, 0.05) is 19.0 Å². The minimum atomic E-state index is -0.766. The van der Waals surface area contributed by atoms with Gasteiger partial charge in [0.05, 0.1) is 0 Å². The Morgan fingerprint density at radius 2 is 2.27 bits per heavy atom. The van der Waals surface area contributed by atoms with E-state index in [1.807, 2.05) is 6.92 Å². The van der Waals surface area contributed by atoms with Crippen LogP contribution in [0.2, 0.25) is 0 Å². The normalized spacial score (nSPS) is 22.7. The van der Waals surface area contributed by atoms with Gasteiger partial charge in [0.2, 0.25) is 0 Å². The Bertz CT molecular complexity index is 166. The monoisotopic (exact) mass is 177 g/mol. The van der Waals surface area contributed by atoms with E-state index in [0.29, 0.717) is 13.1 Å². The van der Waals surface area contributed by atoms with Crippen molar-refractivity contribution in [2.75, 3.05) is 25.5 Å². The summed E-state index contributed by atoms with van der Waals surface area (Å²) in [5, 5.41) is 8.79. The van der Waals surface area contributed by atoms with Crippen LogP contribution in [0.1, 0.15) is 6.92 Å². The van der Waals surface area contributed by atoms with Crippen LogP contribution < -0.4 is 0 Å². The lowest BCUT2D eigenvalue weighted by molar-refractivity contribution is -0.157. The van der Waals surface area contributed by atoms with Gasteiger partial charge in [0.25, 0.3) is 0 Å².